The van der Waals surface area contributed by atoms with Crippen LogP contribution in [0.15, 0.2) is 19.0 Å². The molecule has 0 aliphatic rings. The third-order valence-corrected chi connectivity index (χ3v) is 13.5. The highest BCUT2D eigenvalue weighted by Gasteiger charge is 2.42. The fourth-order valence-electron chi connectivity index (χ4n) is 9.84. The van der Waals surface area contributed by atoms with Gasteiger partial charge in [-0.3, -0.25) is 0 Å². The van der Waals surface area contributed by atoms with Crippen LogP contribution in [-0.4, -0.2) is 78.0 Å². The Morgan fingerprint density at radius 3 is 0.517 bits per heavy atom. The van der Waals surface area contributed by atoms with Gasteiger partial charge in [-0.2, -0.15) is 0 Å². The van der Waals surface area contributed by atoms with Gasteiger partial charge in [0.2, 0.25) is 0 Å². The summed E-state index contributed by atoms with van der Waals surface area (Å²) in [6.07, 6.45) is 0. The summed E-state index contributed by atoms with van der Waals surface area (Å²) in [5.74, 6) is 0. The minimum atomic E-state index is -3.32. The average Bonchev–Trinajstić information content (AvgIpc) is 3.98. The standard InChI is InChI=1S/C49H93N10P/c1-28(2)54(29(3)4)43-40(44(43)55(30(5)6)31(7)8)50-60(53-49(25,26)27,51-41-45(56(32(9)10)33(11)12)46(41)57(34(13)14)35(15)16)52-42-47(58(36(17)18)37(19)20)48(42)59(38(21)22)39(23)24/h28-39H,1-27H3. The van der Waals surface area contributed by atoms with Gasteiger partial charge in [-0.15, -0.1) is 0 Å². The molecule has 0 amide bonds. The Kier molecular flexibility index (Phi) is 16.6. The highest BCUT2D eigenvalue weighted by Crippen LogP contribution is 2.59. The van der Waals surface area contributed by atoms with Gasteiger partial charge in [-0.05, 0) is 187 Å². The van der Waals surface area contributed by atoms with E-state index >= 15 is 0 Å². The SMILES string of the molecule is CC(C)N(c1c(N(C(C)C)C(C)C)c1=NP(N=c1c(N(C(C)C)C(C)C)c1N(C(C)C)C(C)C)(N=c1c(N(C(C)C)C(C)C)c1N(C(C)C)C(C)C)=NC(C)(C)C)C(C)C. The van der Waals surface area contributed by atoms with Crippen molar-refractivity contribution in [1.82, 2.24) is 0 Å². The van der Waals surface area contributed by atoms with E-state index in [-0.39, 0.29) is 72.5 Å². The number of nitrogens with zero attached hydrogens (tertiary/aromatic N) is 10. The van der Waals surface area contributed by atoms with Gasteiger partial charge in [0.1, 0.15) is 16.1 Å². The first-order valence-corrected chi connectivity index (χ1v) is 25.3. The van der Waals surface area contributed by atoms with Gasteiger partial charge in [-0.25, -0.2) is 19.0 Å². The molecule has 0 radical (unpaired) electrons. The number of rotatable bonds is 21. The molecule has 0 heterocycles. The van der Waals surface area contributed by atoms with E-state index in [1.54, 1.807) is 0 Å². The van der Waals surface area contributed by atoms with Gasteiger partial charge in [-0.1, -0.05) is 0 Å². The third kappa shape index (κ3) is 11.2. The maximum atomic E-state index is 6.03. The van der Waals surface area contributed by atoms with Crippen molar-refractivity contribution in [3.05, 3.63) is 16.1 Å². The normalized spacial score (nSPS) is 13.4. The van der Waals surface area contributed by atoms with E-state index in [1.165, 1.54) is 34.1 Å². The first-order valence-electron chi connectivity index (χ1n) is 23.7. The zero-order valence-electron chi connectivity index (χ0n) is 43.8. The topological polar surface area (TPSA) is 68.9 Å². The van der Waals surface area contributed by atoms with Crippen molar-refractivity contribution in [2.45, 2.75) is 265 Å². The van der Waals surface area contributed by atoms with E-state index < -0.39 is 13.0 Å². The first-order chi connectivity index (χ1) is 27.3. The summed E-state index contributed by atoms with van der Waals surface area (Å²) in [6.45, 7) is 61.8. The lowest BCUT2D eigenvalue weighted by Crippen LogP contribution is -2.38. The summed E-state index contributed by atoms with van der Waals surface area (Å²) < 4.78 is 23.9. The Labute approximate surface area is 369 Å². The number of anilines is 6. The molecule has 0 unspecified atom stereocenters. The molecule has 11 heteroatoms. The lowest BCUT2D eigenvalue weighted by molar-refractivity contribution is 0.588. The fourth-order valence-corrected chi connectivity index (χ4v) is 12.3. The summed E-state index contributed by atoms with van der Waals surface area (Å²) in [7, 11) is -3.32. The molecule has 3 rings (SSSR count). The van der Waals surface area contributed by atoms with E-state index in [0.29, 0.717) is 0 Å². The highest BCUT2D eigenvalue weighted by atomic mass is 31.2. The molecule has 0 aliphatic carbocycles. The summed E-state index contributed by atoms with van der Waals surface area (Å²) in [5, 5.41) is 3.06. The van der Waals surface area contributed by atoms with Gasteiger partial charge in [0, 0.05) is 72.5 Å². The van der Waals surface area contributed by atoms with E-state index in [1.807, 2.05) is 0 Å². The van der Waals surface area contributed by atoms with E-state index in [4.69, 9.17) is 19.0 Å². The lowest BCUT2D eigenvalue weighted by atomic mass is 10.1. The third-order valence-electron chi connectivity index (χ3n) is 11.2. The maximum absolute atomic E-state index is 6.03. The van der Waals surface area contributed by atoms with Crippen LogP contribution >= 0.6 is 7.51 Å². The maximum Gasteiger partial charge on any atom is 0.302 e. The van der Waals surface area contributed by atoms with Gasteiger partial charge in [0.15, 0.2) is 0 Å². The first kappa shape index (κ1) is 51.6. The van der Waals surface area contributed by atoms with Gasteiger partial charge < -0.3 is 29.4 Å². The molecule has 60 heavy (non-hydrogen) atoms. The minimum Gasteiger partial charge on any atom is -0.363 e. The number of hydrogen-bond acceptors (Lipinski definition) is 7. The van der Waals surface area contributed by atoms with Crippen molar-refractivity contribution in [1.29, 1.82) is 0 Å². The van der Waals surface area contributed by atoms with Crippen molar-refractivity contribution in [3.8, 4) is 0 Å². The summed E-state index contributed by atoms with van der Waals surface area (Å²) in [4.78, 5) is 15.3. The largest absolute Gasteiger partial charge is 0.363 e. The molecule has 0 bridgehead atoms. The quantitative estimate of drug-likeness (QED) is 0.0995. The predicted octanol–water partition coefficient (Wildman–Crippen LogP) is 11.9. The van der Waals surface area contributed by atoms with Crippen molar-refractivity contribution < 1.29 is 0 Å². The van der Waals surface area contributed by atoms with E-state index in [0.717, 1.165) is 16.1 Å². The van der Waals surface area contributed by atoms with Crippen LogP contribution in [-0.2, 0) is 0 Å². The monoisotopic (exact) mass is 853 g/mol. The molecule has 0 atom stereocenters. The van der Waals surface area contributed by atoms with Crippen molar-refractivity contribution in [2.75, 3.05) is 29.4 Å². The molecule has 10 nitrogen and oxygen atoms in total. The van der Waals surface area contributed by atoms with Crippen LogP contribution in [0.25, 0.3) is 0 Å². The molecule has 3 aromatic carbocycles. The van der Waals surface area contributed by atoms with E-state index in [2.05, 4.69) is 216 Å². The Hall–Kier alpha value is -2.74. The lowest BCUT2D eigenvalue weighted by Gasteiger charge is -2.33. The van der Waals surface area contributed by atoms with Gasteiger partial charge in [0.05, 0.1) is 39.7 Å². The minimum absolute atomic E-state index is 0.285. The predicted molar refractivity (Wildman–Crippen MR) is 269 cm³/mol. The second kappa shape index (κ2) is 19.3. The van der Waals surface area contributed by atoms with E-state index in [9.17, 15) is 0 Å². The zero-order valence-corrected chi connectivity index (χ0v) is 44.7. The Bertz CT molecular complexity index is 1590. The molecule has 0 aromatic heterocycles. The fraction of sp³-hybridized carbons (Fsp3) is 0.816. The Balaban J connectivity index is 2.88. The van der Waals surface area contributed by atoms with Crippen LogP contribution in [0, 0.1) is 0 Å². The zero-order chi connectivity index (χ0) is 46.4. The molecule has 0 spiro atoms. The molecule has 0 saturated heterocycles. The van der Waals surface area contributed by atoms with Crippen LogP contribution < -0.4 is 45.5 Å². The molecule has 344 valence electrons. The molecule has 3 aromatic rings. The molecule has 0 fully saturated rings. The molecular weight excluding hydrogens is 760 g/mol. The Morgan fingerprint density at radius 1 is 0.283 bits per heavy atom. The molecule has 0 aliphatic heterocycles. The smallest absolute Gasteiger partial charge is 0.302 e. The highest BCUT2D eigenvalue weighted by molar-refractivity contribution is 7.62. The number of hydrogen-bond donors (Lipinski definition) is 0. The van der Waals surface area contributed by atoms with Crippen molar-refractivity contribution in [3.63, 3.8) is 0 Å². The summed E-state index contributed by atoms with van der Waals surface area (Å²) >= 11 is 0. The second-order valence-corrected chi connectivity index (χ2v) is 23.7. The van der Waals surface area contributed by atoms with Crippen molar-refractivity contribution in [2.24, 2.45) is 19.0 Å². The Morgan fingerprint density at radius 2 is 0.417 bits per heavy atom. The second-order valence-electron chi connectivity index (χ2n) is 21.8. The van der Waals surface area contributed by atoms with Crippen molar-refractivity contribution >= 4 is 41.6 Å². The van der Waals surface area contributed by atoms with Crippen LogP contribution in [0.3, 0.4) is 0 Å². The molecule has 0 N–H and O–H groups in total. The van der Waals surface area contributed by atoms with Gasteiger partial charge >= 0.3 is 7.51 Å². The van der Waals surface area contributed by atoms with Crippen LogP contribution in [0.1, 0.15) is 187 Å². The van der Waals surface area contributed by atoms with Gasteiger partial charge in [0.25, 0.3) is 0 Å². The van der Waals surface area contributed by atoms with Crippen LogP contribution in [0.4, 0.5) is 34.1 Å². The van der Waals surface area contributed by atoms with Crippen LogP contribution in [0.5, 0.6) is 0 Å². The van der Waals surface area contributed by atoms with Crippen LogP contribution in [0.2, 0.25) is 0 Å². The molecule has 0 saturated carbocycles. The molecular formula is C49H93N10P. The summed E-state index contributed by atoms with van der Waals surface area (Å²) in [6, 6.07) is 3.42. The summed E-state index contributed by atoms with van der Waals surface area (Å²) in [5.41, 5.74) is 6.85. The average molecular weight is 853 g/mol.